The van der Waals surface area contributed by atoms with Gasteiger partial charge in [-0.1, -0.05) is 46.8 Å². The van der Waals surface area contributed by atoms with Crippen LogP contribution < -0.4 is 0 Å². The molecule has 336 valence electrons. The van der Waals surface area contributed by atoms with Gasteiger partial charge in [-0.3, -0.25) is 5.26 Å². The highest BCUT2D eigenvalue weighted by atomic mass is 17.1. The second-order valence-electron chi connectivity index (χ2n) is 20.7. The van der Waals surface area contributed by atoms with Crippen molar-refractivity contribution in [1.29, 1.82) is 0 Å². The molecule has 0 amide bonds. The lowest BCUT2D eigenvalue weighted by Crippen LogP contribution is -2.71. The zero-order valence-electron chi connectivity index (χ0n) is 35.3. The van der Waals surface area contributed by atoms with Gasteiger partial charge in [0.2, 0.25) is 0 Å². The number of rotatable bonds is 11. The highest BCUT2D eigenvalue weighted by Crippen LogP contribution is 2.76. The van der Waals surface area contributed by atoms with E-state index in [1.807, 2.05) is 20.8 Å². The molecule has 2 heterocycles. The van der Waals surface area contributed by atoms with E-state index in [2.05, 4.69) is 25.7 Å². The molecule has 0 aromatic rings. The van der Waals surface area contributed by atoms with Crippen molar-refractivity contribution in [3.05, 3.63) is 12.2 Å². The molecular formula is C42H72O16. The van der Waals surface area contributed by atoms with Crippen LogP contribution in [0.4, 0.5) is 0 Å². The SMILES string of the molecule is CC(C)(/C=C/C[C@](C)(O[C@@H]1O[C@H](CO)[C@@H](O)[C@H](O)[C@H]1O)[C@H]1CC[C@]2(C)[C@H]1[C@H](O)C[C@@H]1[C@@]3(C)CC[C@H](O)C(C)(C)[C@H]3[C@@H](O[C@@H]3O[C@H](CO)[C@@H](O)[C@H](O)[C@H]3O)C[C@]12C)OO. The quantitative estimate of drug-likeness (QED) is 0.0589. The topological polar surface area (TPSA) is 269 Å². The zero-order chi connectivity index (χ0) is 43.1. The predicted octanol–water partition coefficient (Wildman–Crippen LogP) is 0.588. The summed E-state index contributed by atoms with van der Waals surface area (Å²) in [6.07, 6.45) is -10.1. The lowest BCUT2D eigenvalue weighted by atomic mass is 9.34. The average Bonchev–Trinajstić information content (AvgIpc) is 3.55. The minimum Gasteiger partial charge on any atom is -0.394 e. The molecule has 58 heavy (non-hydrogen) atoms. The molecule has 11 N–H and O–H groups in total. The number of aliphatic hydroxyl groups excluding tert-OH is 10. The van der Waals surface area contributed by atoms with Crippen LogP contribution in [0, 0.1) is 45.3 Å². The van der Waals surface area contributed by atoms with Crippen molar-refractivity contribution in [1.82, 2.24) is 0 Å². The van der Waals surface area contributed by atoms with Crippen molar-refractivity contribution >= 4 is 0 Å². The van der Waals surface area contributed by atoms with Gasteiger partial charge in [-0.15, -0.1) is 0 Å². The Morgan fingerprint density at radius 1 is 0.724 bits per heavy atom. The summed E-state index contributed by atoms with van der Waals surface area (Å²) < 4.78 is 25.3. The minimum atomic E-state index is -1.67. The van der Waals surface area contributed by atoms with E-state index < -0.39 is 132 Å². The molecule has 0 aromatic heterocycles. The van der Waals surface area contributed by atoms with Gasteiger partial charge < -0.3 is 70.0 Å². The maximum atomic E-state index is 12.6. The molecule has 2 saturated heterocycles. The molecule has 0 bridgehead atoms. The summed E-state index contributed by atoms with van der Waals surface area (Å²) in [5.74, 6) is -1.11. The van der Waals surface area contributed by atoms with Crippen LogP contribution in [0.2, 0.25) is 0 Å². The molecule has 6 aliphatic rings. The van der Waals surface area contributed by atoms with E-state index in [0.717, 1.165) is 0 Å². The Bertz CT molecular complexity index is 1460. The zero-order valence-corrected chi connectivity index (χ0v) is 35.3. The van der Waals surface area contributed by atoms with Crippen LogP contribution >= 0.6 is 0 Å². The number of hydrogen-bond acceptors (Lipinski definition) is 16. The van der Waals surface area contributed by atoms with Crippen LogP contribution in [-0.2, 0) is 23.8 Å². The highest BCUT2D eigenvalue weighted by molar-refractivity contribution is 5.22. The van der Waals surface area contributed by atoms with Gasteiger partial charge in [-0.25, -0.2) is 4.89 Å². The molecule has 2 aliphatic heterocycles. The first-order chi connectivity index (χ1) is 26.9. The van der Waals surface area contributed by atoms with Crippen LogP contribution in [0.1, 0.15) is 100 Å². The van der Waals surface area contributed by atoms with E-state index in [0.29, 0.717) is 38.5 Å². The summed E-state index contributed by atoms with van der Waals surface area (Å²) in [6.45, 7) is 14.6. The molecule has 4 aliphatic carbocycles. The van der Waals surface area contributed by atoms with Crippen LogP contribution in [0.3, 0.4) is 0 Å². The first-order valence-electron chi connectivity index (χ1n) is 21.2. The number of hydrogen-bond donors (Lipinski definition) is 11. The van der Waals surface area contributed by atoms with Gasteiger partial charge in [0, 0.05) is 0 Å². The molecule has 4 saturated carbocycles. The third kappa shape index (κ3) is 7.45. The smallest absolute Gasteiger partial charge is 0.187 e. The highest BCUT2D eigenvalue weighted by Gasteiger charge is 2.74. The van der Waals surface area contributed by atoms with Crippen LogP contribution in [0.15, 0.2) is 12.2 Å². The molecule has 6 rings (SSSR count). The van der Waals surface area contributed by atoms with Gasteiger partial charge in [0.05, 0.1) is 37.1 Å². The minimum absolute atomic E-state index is 0.0542. The van der Waals surface area contributed by atoms with Gasteiger partial charge in [-0.05, 0) is 111 Å². The van der Waals surface area contributed by atoms with Gasteiger partial charge in [0.25, 0.3) is 0 Å². The number of fused-ring (bicyclic) bond motifs is 5. The maximum Gasteiger partial charge on any atom is 0.187 e. The third-order valence-corrected chi connectivity index (χ3v) is 16.7. The largest absolute Gasteiger partial charge is 0.394 e. The molecular weight excluding hydrogens is 760 g/mol. The van der Waals surface area contributed by atoms with Crippen molar-refractivity contribution in [3.8, 4) is 0 Å². The molecule has 0 radical (unpaired) electrons. The Morgan fingerprint density at radius 3 is 1.86 bits per heavy atom. The molecule has 16 heteroatoms. The standard InChI is InChI=1S/C42H72O16/c1-37(2,58-53)12-9-13-42(8,57-36-33(52)31(50)29(48)24(19-44)56-36)20-10-15-40(6)27(20)21(45)16-25-39(5)14-11-26(46)38(3,4)34(39)22(17-41(25,40)7)54-35-32(51)30(49)28(47)23(18-43)55-35/h9,12,20-36,43-53H,10-11,13-19H2,1-8H3/b12-9+/t20-,21+,22-,23+,24+,25+,26-,27+,28+,29+,30-,31-,32+,33+,34+,35+,36-,39+,40+,41+,42-/m0/s1. The Labute approximate surface area is 341 Å². The fourth-order valence-corrected chi connectivity index (χ4v) is 13.4. The van der Waals surface area contributed by atoms with Gasteiger partial charge in [0.15, 0.2) is 12.6 Å². The van der Waals surface area contributed by atoms with E-state index in [1.54, 1.807) is 26.0 Å². The number of aliphatic hydroxyl groups is 10. The van der Waals surface area contributed by atoms with E-state index >= 15 is 0 Å². The maximum absolute atomic E-state index is 12.6. The molecule has 0 unspecified atom stereocenters. The Morgan fingerprint density at radius 2 is 1.29 bits per heavy atom. The first-order valence-corrected chi connectivity index (χ1v) is 21.2. The van der Waals surface area contributed by atoms with Crippen molar-refractivity contribution in [3.63, 3.8) is 0 Å². The molecule has 16 nitrogen and oxygen atoms in total. The monoisotopic (exact) mass is 832 g/mol. The van der Waals surface area contributed by atoms with Crippen molar-refractivity contribution in [2.45, 2.75) is 191 Å². The molecule has 0 spiro atoms. The summed E-state index contributed by atoms with van der Waals surface area (Å²) in [5.41, 5.74) is -4.53. The van der Waals surface area contributed by atoms with Crippen molar-refractivity contribution < 1.29 is 80.2 Å². The first kappa shape index (κ1) is 46.6. The normalized spacial score (nSPS) is 51.8. The van der Waals surface area contributed by atoms with E-state index in [1.165, 1.54) is 0 Å². The van der Waals surface area contributed by atoms with Crippen molar-refractivity contribution in [2.75, 3.05) is 13.2 Å². The van der Waals surface area contributed by atoms with Crippen LogP contribution in [-0.4, -0.2) is 160 Å². The summed E-state index contributed by atoms with van der Waals surface area (Å²) in [5, 5.41) is 118. The van der Waals surface area contributed by atoms with Crippen LogP contribution in [0.25, 0.3) is 0 Å². The Hall–Kier alpha value is -0.900. The van der Waals surface area contributed by atoms with E-state index in [-0.39, 0.29) is 24.2 Å². The summed E-state index contributed by atoms with van der Waals surface area (Å²) in [6, 6.07) is 0. The third-order valence-electron chi connectivity index (χ3n) is 16.7. The van der Waals surface area contributed by atoms with Gasteiger partial charge in [-0.2, -0.15) is 0 Å². The van der Waals surface area contributed by atoms with Crippen molar-refractivity contribution in [2.24, 2.45) is 45.3 Å². The fourth-order valence-electron chi connectivity index (χ4n) is 13.4. The summed E-state index contributed by atoms with van der Waals surface area (Å²) >= 11 is 0. The van der Waals surface area contributed by atoms with E-state index in [4.69, 9.17) is 18.9 Å². The fraction of sp³-hybridized carbons (Fsp3) is 0.952. The molecule has 0 aromatic carbocycles. The predicted molar refractivity (Wildman–Crippen MR) is 205 cm³/mol. The summed E-state index contributed by atoms with van der Waals surface area (Å²) in [7, 11) is 0. The van der Waals surface area contributed by atoms with Gasteiger partial charge >= 0.3 is 0 Å². The Kier molecular flexibility index (Phi) is 13.1. The second-order valence-corrected chi connectivity index (χ2v) is 20.7. The second kappa shape index (κ2) is 16.3. The van der Waals surface area contributed by atoms with Gasteiger partial charge in [0.1, 0.15) is 54.4 Å². The molecule has 6 fully saturated rings. The average molecular weight is 833 g/mol. The number of ether oxygens (including phenoxy) is 4. The van der Waals surface area contributed by atoms with Crippen LogP contribution in [0.5, 0.6) is 0 Å². The molecule has 21 atom stereocenters. The summed E-state index contributed by atoms with van der Waals surface area (Å²) in [4.78, 5) is 4.65. The lowest BCUT2D eigenvalue weighted by Gasteiger charge is -2.72. The Balaban J connectivity index is 1.40. The van der Waals surface area contributed by atoms with E-state index in [9.17, 15) is 56.3 Å². The lowest BCUT2D eigenvalue weighted by molar-refractivity contribution is -0.349.